The zero-order valence-corrected chi connectivity index (χ0v) is 13.8. The molecule has 0 aromatic heterocycles. The normalized spacial score (nSPS) is 20.0. The third-order valence-corrected chi connectivity index (χ3v) is 4.64. The summed E-state index contributed by atoms with van der Waals surface area (Å²) in [7, 11) is 1.93. The minimum absolute atomic E-state index is 0.147. The number of carboxylic acids is 1. The van der Waals surface area contributed by atoms with Gasteiger partial charge < -0.3 is 10.0 Å². The van der Waals surface area contributed by atoms with E-state index >= 15 is 0 Å². The van der Waals surface area contributed by atoms with Crippen molar-refractivity contribution in [1.82, 2.24) is 9.80 Å². The maximum Gasteiger partial charge on any atom is 0.317 e. The van der Waals surface area contributed by atoms with Crippen molar-refractivity contribution >= 4 is 5.97 Å². The van der Waals surface area contributed by atoms with Gasteiger partial charge >= 0.3 is 5.97 Å². The molecule has 122 valence electrons. The molecule has 1 N–H and O–H groups in total. The Balaban J connectivity index is 1.77. The predicted molar refractivity (Wildman–Crippen MR) is 89.2 cm³/mol. The van der Waals surface area contributed by atoms with E-state index in [4.69, 9.17) is 5.11 Å². The molecule has 1 aromatic carbocycles. The van der Waals surface area contributed by atoms with Crippen molar-refractivity contribution in [3.8, 4) is 0 Å². The molecule has 4 heteroatoms. The predicted octanol–water partition coefficient (Wildman–Crippen LogP) is 2.41. The molecule has 1 aliphatic heterocycles. The fraction of sp³-hybridized carbons (Fsp3) is 0.611. The fourth-order valence-corrected chi connectivity index (χ4v) is 3.19. The SMILES string of the molecule is Cc1ccc(CCN2CCCC(N(C)CC(=O)O)CC2)cc1. The number of aryl methyl sites for hydroxylation is 1. The van der Waals surface area contributed by atoms with E-state index in [0.29, 0.717) is 6.04 Å². The first-order valence-corrected chi connectivity index (χ1v) is 8.24. The Labute approximate surface area is 133 Å². The molecule has 0 amide bonds. The van der Waals surface area contributed by atoms with Gasteiger partial charge in [0.1, 0.15) is 0 Å². The van der Waals surface area contributed by atoms with E-state index < -0.39 is 5.97 Å². The highest BCUT2D eigenvalue weighted by Crippen LogP contribution is 2.16. The number of likely N-dealkylation sites (tertiary alicyclic amines) is 1. The molecule has 1 fully saturated rings. The molecular formula is C18H28N2O2. The van der Waals surface area contributed by atoms with E-state index in [0.717, 1.165) is 45.3 Å². The smallest absolute Gasteiger partial charge is 0.317 e. The summed E-state index contributed by atoms with van der Waals surface area (Å²) in [5.41, 5.74) is 2.71. The van der Waals surface area contributed by atoms with Crippen LogP contribution in [0.4, 0.5) is 0 Å². The zero-order valence-electron chi connectivity index (χ0n) is 13.8. The summed E-state index contributed by atoms with van der Waals surface area (Å²) in [5.74, 6) is -0.733. The molecular weight excluding hydrogens is 276 g/mol. The van der Waals surface area contributed by atoms with Crippen molar-refractivity contribution in [1.29, 1.82) is 0 Å². The van der Waals surface area contributed by atoms with Crippen molar-refractivity contribution in [3.05, 3.63) is 35.4 Å². The lowest BCUT2D eigenvalue weighted by Crippen LogP contribution is -2.36. The minimum atomic E-state index is -0.733. The van der Waals surface area contributed by atoms with Gasteiger partial charge in [-0.3, -0.25) is 9.69 Å². The molecule has 0 spiro atoms. The van der Waals surface area contributed by atoms with Crippen LogP contribution in [0.2, 0.25) is 0 Å². The highest BCUT2D eigenvalue weighted by Gasteiger charge is 2.21. The van der Waals surface area contributed by atoms with E-state index in [9.17, 15) is 4.79 Å². The van der Waals surface area contributed by atoms with Crippen LogP contribution < -0.4 is 0 Å². The summed E-state index contributed by atoms with van der Waals surface area (Å²) in [4.78, 5) is 15.3. The summed E-state index contributed by atoms with van der Waals surface area (Å²) in [6.45, 7) is 5.56. The molecule has 0 radical (unpaired) electrons. The number of likely N-dealkylation sites (N-methyl/N-ethyl adjacent to an activating group) is 1. The quantitative estimate of drug-likeness (QED) is 0.876. The molecule has 1 aliphatic rings. The van der Waals surface area contributed by atoms with Crippen LogP contribution >= 0.6 is 0 Å². The van der Waals surface area contributed by atoms with E-state index in [1.807, 2.05) is 11.9 Å². The highest BCUT2D eigenvalue weighted by atomic mass is 16.4. The largest absolute Gasteiger partial charge is 0.480 e. The van der Waals surface area contributed by atoms with E-state index in [-0.39, 0.29) is 6.54 Å². The van der Waals surface area contributed by atoms with Crippen LogP contribution in [0.3, 0.4) is 0 Å². The summed E-state index contributed by atoms with van der Waals surface area (Å²) in [6, 6.07) is 9.19. The zero-order chi connectivity index (χ0) is 15.9. The lowest BCUT2D eigenvalue weighted by atomic mass is 10.1. The van der Waals surface area contributed by atoms with Crippen LogP contribution in [0.25, 0.3) is 0 Å². The van der Waals surface area contributed by atoms with Crippen LogP contribution in [0.15, 0.2) is 24.3 Å². The molecule has 1 heterocycles. The van der Waals surface area contributed by atoms with Gasteiger partial charge in [-0.25, -0.2) is 0 Å². The molecule has 1 atom stereocenters. The van der Waals surface area contributed by atoms with Gasteiger partial charge in [-0.05, 0) is 58.3 Å². The first-order valence-electron chi connectivity index (χ1n) is 8.24. The first-order chi connectivity index (χ1) is 10.5. The molecule has 4 nitrogen and oxygen atoms in total. The van der Waals surface area contributed by atoms with Gasteiger partial charge in [0.15, 0.2) is 0 Å². The van der Waals surface area contributed by atoms with Crippen molar-refractivity contribution < 1.29 is 9.90 Å². The van der Waals surface area contributed by atoms with Gasteiger partial charge in [0.2, 0.25) is 0 Å². The average Bonchev–Trinajstić information content (AvgIpc) is 2.71. The summed E-state index contributed by atoms with van der Waals surface area (Å²) >= 11 is 0. The van der Waals surface area contributed by atoms with E-state index in [1.54, 1.807) is 0 Å². The highest BCUT2D eigenvalue weighted by molar-refractivity contribution is 5.69. The second-order valence-electron chi connectivity index (χ2n) is 6.47. The van der Waals surface area contributed by atoms with Crippen molar-refractivity contribution in [2.45, 2.75) is 38.6 Å². The standard InChI is InChI=1S/C18H28N2O2/c1-15-5-7-16(8-6-15)9-12-20-11-3-4-17(10-13-20)19(2)14-18(21)22/h5-8,17H,3-4,9-14H2,1-2H3,(H,21,22). The number of aliphatic carboxylic acids is 1. The fourth-order valence-electron chi connectivity index (χ4n) is 3.19. The van der Waals surface area contributed by atoms with Crippen molar-refractivity contribution in [2.24, 2.45) is 0 Å². The lowest BCUT2D eigenvalue weighted by Gasteiger charge is -2.25. The Bertz CT molecular complexity index is 472. The molecule has 0 saturated carbocycles. The molecule has 1 aromatic rings. The van der Waals surface area contributed by atoms with Gasteiger partial charge in [0.05, 0.1) is 6.54 Å². The van der Waals surface area contributed by atoms with Gasteiger partial charge in [-0.2, -0.15) is 0 Å². The molecule has 2 rings (SSSR count). The molecule has 1 saturated heterocycles. The third-order valence-electron chi connectivity index (χ3n) is 4.64. The number of rotatable bonds is 6. The number of benzene rings is 1. The van der Waals surface area contributed by atoms with Crippen molar-refractivity contribution in [2.75, 3.05) is 33.2 Å². The van der Waals surface area contributed by atoms with Crippen LogP contribution in [-0.2, 0) is 11.2 Å². The Morgan fingerprint density at radius 2 is 2.00 bits per heavy atom. The van der Waals surface area contributed by atoms with Gasteiger partial charge in [-0.15, -0.1) is 0 Å². The first kappa shape index (κ1) is 17.0. The average molecular weight is 304 g/mol. The number of carbonyl (C=O) groups is 1. The molecule has 22 heavy (non-hydrogen) atoms. The Morgan fingerprint density at radius 3 is 2.68 bits per heavy atom. The van der Waals surface area contributed by atoms with E-state index in [2.05, 4.69) is 36.1 Å². The van der Waals surface area contributed by atoms with Gasteiger partial charge in [-0.1, -0.05) is 29.8 Å². The Morgan fingerprint density at radius 1 is 1.27 bits per heavy atom. The van der Waals surface area contributed by atoms with Gasteiger partial charge in [0.25, 0.3) is 0 Å². The minimum Gasteiger partial charge on any atom is -0.480 e. The number of carboxylic acid groups (broad SMARTS) is 1. The summed E-state index contributed by atoms with van der Waals surface area (Å²) in [5, 5.41) is 8.91. The van der Waals surface area contributed by atoms with Crippen molar-refractivity contribution in [3.63, 3.8) is 0 Å². The summed E-state index contributed by atoms with van der Waals surface area (Å²) in [6.07, 6.45) is 4.42. The maximum absolute atomic E-state index is 10.8. The van der Waals surface area contributed by atoms with Gasteiger partial charge in [0, 0.05) is 12.6 Å². The topological polar surface area (TPSA) is 43.8 Å². The summed E-state index contributed by atoms with van der Waals surface area (Å²) < 4.78 is 0. The lowest BCUT2D eigenvalue weighted by molar-refractivity contribution is -0.138. The van der Waals surface area contributed by atoms with Crippen LogP contribution in [0.1, 0.15) is 30.4 Å². The second kappa shape index (κ2) is 8.30. The molecule has 1 unspecified atom stereocenters. The third kappa shape index (κ3) is 5.43. The van der Waals surface area contributed by atoms with Crippen LogP contribution in [-0.4, -0.2) is 60.1 Å². The number of hydrogen-bond donors (Lipinski definition) is 1. The Kier molecular flexibility index (Phi) is 6.40. The monoisotopic (exact) mass is 304 g/mol. The second-order valence-corrected chi connectivity index (χ2v) is 6.47. The molecule has 0 bridgehead atoms. The number of hydrogen-bond acceptors (Lipinski definition) is 3. The van der Waals surface area contributed by atoms with E-state index in [1.165, 1.54) is 11.1 Å². The van der Waals surface area contributed by atoms with Crippen LogP contribution in [0, 0.1) is 6.92 Å². The molecule has 0 aliphatic carbocycles. The number of nitrogens with zero attached hydrogens (tertiary/aromatic N) is 2. The maximum atomic E-state index is 10.8. The van der Waals surface area contributed by atoms with Crippen LogP contribution in [0.5, 0.6) is 0 Å². The Hall–Kier alpha value is -1.39.